The molecule has 1 fully saturated rings. The van der Waals surface area contributed by atoms with Crippen LogP contribution in [0.15, 0.2) is 28.7 Å². The molecule has 1 heterocycles. The van der Waals surface area contributed by atoms with Gasteiger partial charge in [-0.05, 0) is 36.5 Å². The van der Waals surface area contributed by atoms with Crippen LogP contribution in [0.1, 0.15) is 24.3 Å². The van der Waals surface area contributed by atoms with Crippen molar-refractivity contribution in [1.29, 1.82) is 0 Å². The highest BCUT2D eigenvalue weighted by Gasteiger charge is 2.32. The molecule has 0 aromatic heterocycles. The highest BCUT2D eigenvalue weighted by molar-refractivity contribution is 9.10. The van der Waals surface area contributed by atoms with Gasteiger partial charge in [0.15, 0.2) is 0 Å². The predicted molar refractivity (Wildman–Crippen MR) is 73.7 cm³/mol. The molecule has 2 unspecified atom stereocenters. The van der Waals surface area contributed by atoms with Crippen molar-refractivity contribution in [2.24, 2.45) is 0 Å². The fraction of sp³-hybridized carbons (Fsp3) is 0.500. The number of hydrogen-bond acceptors (Lipinski definition) is 3. The maximum Gasteiger partial charge on any atom is 0.213 e. The maximum atomic E-state index is 11.4. The van der Waals surface area contributed by atoms with Gasteiger partial charge in [0.1, 0.15) is 6.23 Å². The van der Waals surface area contributed by atoms with Gasteiger partial charge in [0, 0.05) is 11.0 Å². The third-order valence-electron chi connectivity index (χ3n) is 3.29. The molecule has 1 saturated heterocycles. The van der Waals surface area contributed by atoms with Gasteiger partial charge in [0.05, 0.1) is 6.26 Å². The predicted octanol–water partition coefficient (Wildman–Crippen LogP) is 1.91. The summed E-state index contributed by atoms with van der Waals surface area (Å²) >= 11 is 3.38. The topological polar surface area (TPSA) is 57.6 Å². The van der Waals surface area contributed by atoms with Crippen LogP contribution in [0.2, 0.25) is 0 Å². The van der Waals surface area contributed by atoms with Gasteiger partial charge in [-0.3, -0.25) is 0 Å². The van der Waals surface area contributed by atoms with Crippen molar-refractivity contribution in [2.75, 3.05) is 12.8 Å². The number of rotatable bonds is 2. The Balaban J connectivity index is 2.11. The first kappa shape index (κ1) is 14.0. The van der Waals surface area contributed by atoms with Crippen LogP contribution >= 0.6 is 15.9 Å². The van der Waals surface area contributed by atoms with Crippen molar-refractivity contribution in [2.45, 2.75) is 25.0 Å². The Kier molecular flexibility index (Phi) is 4.11. The molecular weight excluding hydrogens is 318 g/mol. The molecule has 1 N–H and O–H groups in total. The van der Waals surface area contributed by atoms with Crippen LogP contribution in [0.5, 0.6) is 0 Å². The zero-order valence-corrected chi connectivity index (χ0v) is 12.5. The van der Waals surface area contributed by atoms with E-state index < -0.39 is 16.3 Å². The molecule has 0 aliphatic carbocycles. The molecule has 2 rings (SSSR count). The van der Waals surface area contributed by atoms with E-state index in [0.29, 0.717) is 13.0 Å². The maximum absolute atomic E-state index is 11.4. The van der Waals surface area contributed by atoms with Crippen LogP contribution in [0.3, 0.4) is 0 Å². The SMILES string of the molecule is CS(=O)(=O)N1CCC(c2ccc(Br)cc2)CC1O. The third-order valence-corrected chi connectivity index (χ3v) is 5.10. The highest BCUT2D eigenvalue weighted by Crippen LogP contribution is 2.32. The van der Waals surface area contributed by atoms with E-state index in [0.717, 1.165) is 22.7 Å². The first-order chi connectivity index (χ1) is 8.38. The molecule has 0 saturated carbocycles. The summed E-state index contributed by atoms with van der Waals surface area (Å²) in [6.07, 6.45) is 1.42. The van der Waals surface area contributed by atoms with Gasteiger partial charge in [-0.15, -0.1) is 0 Å². The Bertz CT molecular complexity index is 515. The zero-order chi connectivity index (χ0) is 13.3. The van der Waals surface area contributed by atoms with Gasteiger partial charge in [-0.2, -0.15) is 4.31 Å². The molecule has 1 aliphatic heterocycles. The molecule has 18 heavy (non-hydrogen) atoms. The normalized spacial score (nSPS) is 26.2. The van der Waals surface area contributed by atoms with Crippen LogP contribution in [0, 0.1) is 0 Å². The second-order valence-electron chi connectivity index (χ2n) is 4.63. The molecule has 6 heteroatoms. The molecule has 2 atom stereocenters. The average Bonchev–Trinajstić information content (AvgIpc) is 2.28. The minimum absolute atomic E-state index is 0.214. The smallest absolute Gasteiger partial charge is 0.213 e. The number of aliphatic hydroxyl groups excluding tert-OH is 1. The van der Waals surface area contributed by atoms with Gasteiger partial charge < -0.3 is 5.11 Å². The monoisotopic (exact) mass is 333 g/mol. The standard InChI is InChI=1S/C12H16BrNO3S/c1-18(16,17)14-7-6-10(8-12(14)15)9-2-4-11(13)5-3-9/h2-5,10,12,15H,6-8H2,1H3. The van der Waals surface area contributed by atoms with Gasteiger partial charge in [-0.25, -0.2) is 8.42 Å². The van der Waals surface area contributed by atoms with Crippen molar-refractivity contribution in [3.05, 3.63) is 34.3 Å². The summed E-state index contributed by atoms with van der Waals surface area (Å²) in [6.45, 7) is 0.376. The van der Waals surface area contributed by atoms with Crippen molar-refractivity contribution in [3.8, 4) is 0 Å². The number of benzene rings is 1. The number of hydrogen-bond donors (Lipinski definition) is 1. The van der Waals surface area contributed by atoms with Gasteiger partial charge >= 0.3 is 0 Å². The quantitative estimate of drug-likeness (QED) is 0.899. The van der Waals surface area contributed by atoms with Gasteiger partial charge in [0.25, 0.3) is 0 Å². The lowest BCUT2D eigenvalue weighted by Crippen LogP contribution is -2.44. The molecular formula is C12H16BrNO3S. The number of piperidine rings is 1. The largest absolute Gasteiger partial charge is 0.377 e. The van der Waals surface area contributed by atoms with Crippen LogP contribution in [0.25, 0.3) is 0 Å². The summed E-state index contributed by atoms with van der Waals surface area (Å²) in [4.78, 5) is 0. The summed E-state index contributed by atoms with van der Waals surface area (Å²) in [5.41, 5.74) is 1.14. The first-order valence-electron chi connectivity index (χ1n) is 5.78. The Hall–Kier alpha value is -0.430. The fourth-order valence-electron chi connectivity index (χ4n) is 2.35. The second-order valence-corrected chi connectivity index (χ2v) is 7.48. The lowest BCUT2D eigenvalue weighted by Gasteiger charge is -2.34. The number of nitrogens with zero attached hydrogens (tertiary/aromatic N) is 1. The lowest BCUT2D eigenvalue weighted by molar-refractivity contribution is 0.0254. The van der Waals surface area contributed by atoms with Gasteiger partial charge in [-0.1, -0.05) is 28.1 Å². The second kappa shape index (κ2) is 5.28. The Morgan fingerprint density at radius 1 is 1.33 bits per heavy atom. The first-order valence-corrected chi connectivity index (χ1v) is 8.42. The fourth-order valence-corrected chi connectivity index (χ4v) is 3.58. The summed E-state index contributed by atoms with van der Waals surface area (Å²) in [6, 6.07) is 7.95. The van der Waals surface area contributed by atoms with Gasteiger partial charge in [0.2, 0.25) is 10.0 Å². The Morgan fingerprint density at radius 2 is 1.94 bits per heavy atom. The van der Waals surface area contributed by atoms with Crippen LogP contribution in [-0.4, -0.2) is 36.9 Å². The summed E-state index contributed by atoms with van der Waals surface area (Å²) in [5, 5.41) is 9.93. The molecule has 1 aromatic carbocycles. The van der Waals surface area contributed by atoms with E-state index in [1.165, 1.54) is 4.31 Å². The number of halogens is 1. The summed E-state index contributed by atoms with van der Waals surface area (Å²) in [7, 11) is -3.31. The molecule has 0 radical (unpaired) electrons. The minimum Gasteiger partial charge on any atom is -0.377 e. The van der Waals surface area contributed by atoms with Crippen LogP contribution in [0.4, 0.5) is 0 Å². The van der Waals surface area contributed by atoms with Crippen molar-refractivity contribution < 1.29 is 13.5 Å². The van der Waals surface area contributed by atoms with E-state index in [1.807, 2.05) is 24.3 Å². The molecule has 0 amide bonds. The molecule has 1 aromatic rings. The summed E-state index contributed by atoms with van der Waals surface area (Å²) < 4.78 is 25.1. The zero-order valence-electron chi connectivity index (χ0n) is 10.1. The molecule has 0 bridgehead atoms. The van der Waals surface area contributed by atoms with Crippen LogP contribution < -0.4 is 0 Å². The molecule has 100 valence electrons. The lowest BCUT2D eigenvalue weighted by atomic mass is 9.89. The number of sulfonamides is 1. The van der Waals surface area contributed by atoms with Crippen LogP contribution in [-0.2, 0) is 10.0 Å². The van der Waals surface area contributed by atoms with E-state index in [4.69, 9.17) is 0 Å². The van der Waals surface area contributed by atoms with E-state index in [9.17, 15) is 13.5 Å². The molecule has 4 nitrogen and oxygen atoms in total. The Labute approximate surface area is 116 Å². The van der Waals surface area contributed by atoms with E-state index in [-0.39, 0.29) is 5.92 Å². The third kappa shape index (κ3) is 3.12. The summed E-state index contributed by atoms with van der Waals surface area (Å²) in [5.74, 6) is 0.214. The molecule has 1 aliphatic rings. The van der Waals surface area contributed by atoms with Crippen molar-refractivity contribution in [3.63, 3.8) is 0 Å². The number of aliphatic hydroxyl groups is 1. The van der Waals surface area contributed by atoms with E-state index in [1.54, 1.807) is 0 Å². The van der Waals surface area contributed by atoms with Crippen molar-refractivity contribution in [1.82, 2.24) is 4.31 Å². The minimum atomic E-state index is -3.31. The Morgan fingerprint density at radius 3 is 2.44 bits per heavy atom. The molecule has 0 spiro atoms. The van der Waals surface area contributed by atoms with E-state index >= 15 is 0 Å². The highest BCUT2D eigenvalue weighted by atomic mass is 79.9. The average molecular weight is 334 g/mol. The van der Waals surface area contributed by atoms with E-state index in [2.05, 4.69) is 15.9 Å². The van der Waals surface area contributed by atoms with Crippen molar-refractivity contribution >= 4 is 26.0 Å².